The van der Waals surface area contributed by atoms with Crippen molar-refractivity contribution in [2.45, 2.75) is 19.3 Å². The summed E-state index contributed by atoms with van der Waals surface area (Å²) in [5.41, 5.74) is 13.0. The van der Waals surface area contributed by atoms with Gasteiger partial charge < -0.3 is 0 Å². The number of benzene rings is 12. The Labute approximate surface area is 342 Å². The SMILES string of the molecule is CC1(C)c2ccccc2-c2c(-c3c4ccccc4c(-c4ccc5c6cccc7cccc(c8cccc4c85)c76)c4ccc(-c5ccc6ccccc6c5)cc34)cccc21. The second kappa shape index (κ2) is 11.9. The Morgan fingerprint density at radius 3 is 1.59 bits per heavy atom. The molecule has 12 aromatic carbocycles. The van der Waals surface area contributed by atoms with Crippen molar-refractivity contribution in [1.29, 1.82) is 0 Å². The zero-order valence-corrected chi connectivity index (χ0v) is 33.0. The van der Waals surface area contributed by atoms with E-state index in [0.717, 1.165) is 0 Å². The maximum Gasteiger partial charge on any atom is 0.0159 e. The fourth-order valence-corrected chi connectivity index (χ4v) is 11.1. The van der Waals surface area contributed by atoms with E-state index in [1.165, 1.54) is 131 Å². The molecule has 0 N–H and O–H groups in total. The Balaban J connectivity index is 1.18. The summed E-state index contributed by atoms with van der Waals surface area (Å²) in [4.78, 5) is 0. The van der Waals surface area contributed by atoms with E-state index in [9.17, 15) is 0 Å². The quantitative estimate of drug-likeness (QED) is 0.125. The van der Waals surface area contributed by atoms with Crippen LogP contribution in [0.4, 0.5) is 0 Å². The lowest BCUT2D eigenvalue weighted by Gasteiger charge is -2.23. The first-order valence-electron chi connectivity index (χ1n) is 20.8. The average molecular weight is 747 g/mol. The number of fused-ring (bicyclic) bond motifs is 8. The predicted octanol–water partition coefficient (Wildman–Crippen LogP) is 16.5. The molecule has 0 heteroatoms. The minimum Gasteiger partial charge on any atom is -0.0619 e. The second-order valence-electron chi connectivity index (χ2n) is 17.1. The molecule has 0 spiro atoms. The van der Waals surface area contributed by atoms with Gasteiger partial charge in [0.25, 0.3) is 0 Å². The largest absolute Gasteiger partial charge is 0.0619 e. The normalized spacial score (nSPS) is 13.4. The highest BCUT2D eigenvalue weighted by Crippen LogP contribution is 2.55. The molecule has 0 unspecified atom stereocenters. The molecular weight excluding hydrogens is 709 g/mol. The monoisotopic (exact) mass is 746 g/mol. The van der Waals surface area contributed by atoms with Crippen molar-refractivity contribution < 1.29 is 0 Å². The van der Waals surface area contributed by atoms with E-state index in [1.807, 2.05) is 0 Å². The van der Waals surface area contributed by atoms with Gasteiger partial charge in [-0.15, -0.1) is 0 Å². The van der Waals surface area contributed by atoms with Gasteiger partial charge in [-0.2, -0.15) is 0 Å². The molecule has 0 saturated heterocycles. The summed E-state index contributed by atoms with van der Waals surface area (Å²) in [5.74, 6) is 0. The molecule has 12 aromatic rings. The average Bonchev–Trinajstić information content (AvgIpc) is 3.53. The third-order valence-electron chi connectivity index (χ3n) is 13.8. The van der Waals surface area contributed by atoms with Crippen LogP contribution in [0, 0.1) is 0 Å². The minimum atomic E-state index is -0.101. The van der Waals surface area contributed by atoms with Crippen LogP contribution in [0.3, 0.4) is 0 Å². The lowest BCUT2D eigenvalue weighted by atomic mass is 9.79. The van der Waals surface area contributed by atoms with Gasteiger partial charge in [0.05, 0.1) is 0 Å². The Kier molecular flexibility index (Phi) is 6.60. The number of hydrogen-bond acceptors (Lipinski definition) is 0. The van der Waals surface area contributed by atoms with Crippen LogP contribution in [0.5, 0.6) is 0 Å². The van der Waals surface area contributed by atoms with Crippen LogP contribution < -0.4 is 0 Å². The van der Waals surface area contributed by atoms with E-state index in [4.69, 9.17) is 0 Å². The van der Waals surface area contributed by atoms with E-state index in [0.29, 0.717) is 0 Å². The van der Waals surface area contributed by atoms with Crippen molar-refractivity contribution in [3.8, 4) is 44.5 Å². The van der Waals surface area contributed by atoms with Crippen LogP contribution in [0.15, 0.2) is 194 Å². The minimum absolute atomic E-state index is 0.101. The topological polar surface area (TPSA) is 0 Å². The van der Waals surface area contributed by atoms with Gasteiger partial charge in [-0.05, 0) is 143 Å². The van der Waals surface area contributed by atoms with Crippen LogP contribution in [0.25, 0.3) is 120 Å². The van der Waals surface area contributed by atoms with Crippen molar-refractivity contribution in [3.63, 3.8) is 0 Å². The molecule has 0 amide bonds. The zero-order valence-electron chi connectivity index (χ0n) is 33.0. The van der Waals surface area contributed by atoms with Crippen LogP contribution in [-0.2, 0) is 5.41 Å². The first-order chi connectivity index (χ1) is 29.0. The van der Waals surface area contributed by atoms with Crippen molar-refractivity contribution in [1.82, 2.24) is 0 Å². The predicted molar refractivity (Wildman–Crippen MR) is 254 cm³/mol. The molecule has 0 heterocycles. The summed E-state index contributed by atoms with van der Waals surface area (Å²) in [5, 5.41) is 18.1. The molecule has 0 aromatic heterocycles. The van der Waals surface area contributed by atoms with E-state index in [2.05, 4.69) is 208 Å². The van der Waals surface area contributed by atoms with Gasteiger partial charge in [-0.1, -0.05) is 196 Å². The van der Waals surface area contributed by atoms with Crippen molar-refractivity contribution in [2.75, 3.05) is 0 Å². The smallest absolute Gasteiger partial charge is 0.0159 e. The summed E-state index contributed by atoms with van der Waals surface area (Å²) < 4.78 is 0. The zero-order chi connectivity index (χ0) is 39.0. The molecule has 0 saturated carbocycles. The fourth-order valence-electron chi connectivity index (χ4n) is 11.1. The van der Waals surface area contributed by atoms with Crippen LogP contribution >= 0.6 is 0 Å². The van der Waals surface area contributed by atoms with Crippen molar-refractivity contribution in [3.05, 3.63) is 205 Å². The molecule has 0 aliphatic heterocycles. The van der Waals surface area contributed by atoms with Crippen molar-refractivity contribution in [2.24, 2.45) is 0 Å². The summed E-state index contributed by atoms with van der Waals surface area (Å²) >= 11 is 0. The van der Waals surface area contributed by atoms with Gasteiger partial charge in [0.2, 0.25) is 0 Å². The van der Waals surface area contributed by atoms with E-state index >= 15 is 0 Å². The molecule has 59 heavy (non-hydrogen) atoms. The van der Waals surface area contributed by atoms with E-state index in [-0.39, 0.29) is 5.41 Å². The maximum atomic E-state index is 2.48. The highest BCUT2D eigenvalue weighted by molar-refractivity contribution is 6.35. The van der Waals surface area contributed by atoms with Gasteiger partial charge in [0.1, 0.15) is 0 Å². The number of hydrogen-bond donors (Lipinski definition) is 0. The molecule has 1 aliphatic carbocycles. The molecule has 0 atom stereocenters. The highest BCUT2D eigenvalue weighted by atomic mass is 14.4. The summed E-state index contributed by atoms with van der Waals surface area (Å²) in [6.07, 6.45) is 0. The molecule has 0 bridgehead atoms. The molecule has 0 radical (unpaired) electrons. The van der Waals surface area contributed by atoms with Gasteiger partial charge in [0, 0.05) is 5.41 Å². The molecule has 13 rings (SSSR count). The van der Waals surface area contributed by atoms with Gasteiger partial charge in [-0.3, -0.25) is 0 Å². The van der Waals surface area contributed by atoms with E-state index < -0.39 is 0 Å². The van der Waals surface area contributed by atoms with E-state index in [1.54, 1.807) is 0 Å². The Morgan fingerprint density at radius 1 is 0.271 bits per heavy atom. The number of rotatable bonds is 3. The Bertz CT molecular complexity index is 3700. The van der Waals surface area contributed by atoms with Gasteiger partial charge in [-0.25, -0.2) is 0 Å². The molecule has 1 aliphatic rings. The summed E-state index contributed by atoms with van der Waals surface area (Å²) in [6.45, 7) is 4.77. The lowest BCUT2D eigenvalue weighted by molar-refractivity contribution is 0.660. The molecule has 0 nitrogen and oxygen atoms in total. The van der Waals surface area contributed by atoms with Gasteiger partial charge in [0.15, 0.2) is 0 Å². The first-order valence-corrected chi connectivity index (χ1v) is 20.8. The maximum absolute atomic E-state index is 2.48. The van der Waals surface area contributed by atoms with Crippen molar-refractivity contribution >= 4 is 75.4 Å². The lowest BCUT2D eigenvalue weighted by Crippen LogP contribution is -2.14. The molecule has 274 valence electrons. The Hall–Kier alpha value is -7.28. The first kappa shape index (κ1) is 32.8. The van der Waals surface area contributed by atoms with Crippen LogP contribution in [0.2, 0.25) is 0 Å². The summed E-state index contributed by atoms with van der Waals surface area (Å²) in [6, 6.07) is 73.3. The third kappa shape index (κ3) is 4.44. The van der Waals surface area contributed by atoms with Crippen LogP contribution in [-0.4, -0.2) is 0 Å². The molecule has 0 fully saturated rings. The second-order valence-corrected chi connectivity index (χ2v) is 17.1. The third-order valence-corrected chi connectivity index (χ3v) is 13.8. The summed E-state index contributed by atoms with van der Waals surface area (Å²) in [7, 11) is 0. The van der Waals surface area contributed by atoms with Gasteiger partial charge >= 0.3 is 0 Å². The Morgan fingerprint density at radius 2 is 0.780 bits per heavy atom. The fraction of sp³-hybridized carbons (Fsp3) is 0.0508. The standard InChI is InChI=1S/C59H38/c1-59(2)52-25-8-7-19-49(52)58-50(24-12-26-53(58)59)57-43-18-6-5-17-42(43)56(48-30-29-39(34-51(48)57)38-28-27-35-13-3-4-14-37(35)33-38)47-32-31-46-41-21-10-16-36-15-9-20-40(54(36)41)44-22-11-23-45(47)55(44)46/h3-34H,1-2H3. The highest BCUT2D eigenvalue weighted by Gasteiger charge is 2.37. The molecular formula is C59H38. The van der Waals surface area contributed by atoms with Crippen LogP contribution in [0.1, 0.15) is 25.0 Å².